The summed E-state index contributed by atoms with van der Waals surface area (Å²) >= 11 is 0. The SMILES string of the molecule is [c]1cc2c(cn1)OCCN2. The Hall–Kier alpha value is -1.25. The minimum atomic E-state index is 0.721. The molecule has 2 heterocycles. The lowest BCUT2D eigenvalue weighted by atomic mass is 10.3. The number of fused-ring (bicyclic) bond motifs is 1. The van der Waals surface area contributed by atoms with Gasteiger partial charge in [-0.25, -0.2) is 0 Å². The Morgan fingerprint density at radius 1 is 1.70 bits per heavy atom. The molecular formula is C7H7N2O. The van der Waals surface area contributed by atoms with Gasteiger partial charge in [0.05, 0.1) is 18.1 Å². The summed E-state index contributed by atoms with van der Waals surface area (Å²) in [7, 11) is 0. The van der Waals surface area contributed by atoms with Crippen LogP contribution in [0, 0.1) is 6.20 Å². The Balaban J connectivity index is 2.41. The van der Waals surface area contributed by atoms with E-state index in [0.717, 1.165) is 24.6 Å². The first-order chi connectivity index (χ1) is 4.97. The van der Waals surface area contributed by atoms with Crippen LogP contribution in [0.2, 0.25) is 0 Å². The van der Waals surface area contributed by atoms with Gasteiger partial charge in [0.1, 0.15) is 6.61 Å². The maximum absolute atomic E-state index is 5.28. The Morgan fingerprint density at radius 3 is 3.60 bits per heavy atom. The lowest BCUT2D eigenvalue weighted by Gasteiger charge is -2.17. The van der Waals surface area contributed by atoms with E-state index in [1.807, 2.05) is 0 Å². The van der Waals surface area contributed by atoms with Crippen molar-refractivity contribution in [1.82, 2.24) is 4.98 Å². The normalized spacial score (nSPS) is 14.8. The van der Waals surface area contributed by atoms with Crippen molar-refractivity contribution < 1.29 is 4.74 Å². The summed E-state index contributed by atoms with van der Waals surface area (Å²) in [6.07, 6.45) is 4.40. The Morgan fingerprint density at radius 2 is 2.70 bits per heavy atom. The largest absolute Gasteiger partial charge is 0.488 e. The molecule has 0 aliphatic carbocycles. The quantitative estimate of drug-likeness (QED) is 0.568. The van der Waals surface area contributed by atoms with Gasteiger partial charge < -0.3 is 10.1 Å². The number of hydrogen-bond acceptors (Lipinski definition) is 3. The van der Waals surface area contributed by atoms with E-state index >= 15 is 0 Å². The standard InChI is InChI=1S/C7H7N2O/c1-2-8-5-7-6(1)9-3-4-10-7/h1,5,9H,3-4H2. The molecule has 1 aliphatic heterocycles. The van der Waals surface area contributed by atoms with Gasteiger partial charge in [-0.3, -0.25) is 4.98 Å². The van der Waals surface area contributed by atoms with E-state index in [0.29, 0.717) is 0 Å². The highest BCUT2D eigenvalue weighted by Gasteiger charge is 2.06. The van der Waals surface area contributed by atoms with Crippen molar-refractivity contribution in [2.75, 3.05) is 18.5 Å². The fourth-order valence-corrected chi connectivity index (χ4v) is 0.938. The van der Waals surface area contributed by atoms with E-state index in [-0.39, 0.29) is 0 Å². The van der Waals surface area contributed by atoms with Crippen molar-refractivity contribution in [2.24, 2.45) is 0 Å². The molecule has 51 valence electrons. The maximum atomic E-state index is 5.28. The molecule has 0 saturated heterocycles. The number of rotatable bonds is 0. The molecule has 3 nitrogen and oxygen atoms in total. The van der Waals surface area contributed by atoms with Crippen molar-refractivity contribution in [3.8, 4) is 5.75 Å². The Kier molecular flexibility index (Phi) is 1.20. The number of nitrogens with zero attached hydrogens (tertiary/aromatic N) is 1. The highest BCUT2D eigenvalue weighted by molar-refractivity contribution is 5.55. The van der Waals surface area contributed by atoms with Crippen LogP contribution in [-0.2, 0) is 0 Å². The molecule has 0 atom stereocenters. The fraction of sp³-hybridized carbons (Fsp3) is 0.286. The van der Waals surface area contributed by atoms with Gasteiger partial charge in [-0.1, -0.05) is 0 Å². The highest BCUT2D eigenvalue weighted by Crippen LogP contribution is 2.23. The molecule has 1 aromatic rings. The van der Waals surface area contributed by atoms with E-state index in [1.54, 1.807) is 12.3 Å². The van der Waals surface area contributed by atoms with E-state index in [4.69, 9.17) is 4.74 Å². The lowest BCUT2D eigenvalue weighted by Crippen LogP contribution is -2.17. The second-order valence-electron chi connectivity index (χ2n) is 2.08. The summed E-state index contributed by atoms with van der Waals surface area (Å²) in [4.78, 5) is 3.81. The van der Waals surface area contributed by atoms with Crippen LogP contribution >= 0.6 is 0 Å². The van der Waals surface area contributed by atoms with Crippen LogP contribution in [0.3, 0.4) is 0 Å². The van der Waals surface area contributed by atoms with Gasteiger partial charge in [0.25, 0.3) is 0 Å². The number of nitrogens with one attached hydrogen (secondary N) is 1. The fourth-order valence-electron chi connectivity index (χ4n) is 0.938. The van der Waals surface area contributed by atoms with Gasteiger partial charge in [0, 0.05) is 6.54 Å². The van der Waals surface area contributed by atoms with Crippen LogP contribution in [0.1, 0.15) is 0 Å². The van der Waals surface area contributed by atoms with Crippen molar-refractivity contribution in [2.45, 2.75) is 0 Å². The predicted octanol–water partition coefficient (Wildman–Crippen LogP) is 0.686. The molecular weight excluding hydrogens is 128 g/mol. The molecule has 0 fully saturated rings. The Labute approximate surface area is 59.0 Å². The molecule has 0 saturated carbocycles. The van der Waals surface area contributed by atoms with E-state index in [2.05, 4.69) is 16.5 Å². The number of pyridine rings is 1. The Bertz CT molecular complexity index is 212. The lowest BCUT2D eigenvalue weighted by molar-refractivity contribution is 0.322. The topological polar surface area (TPSA) is 34.1 Å². The molecule has 1 aliphatic rings. The van der Waals surface area contributed by atoms with Crippen LogP contribution < -0.4 is 10.1 Å². The van der Waals surface area contributed by atoms with Crippen molar-refractivity contribution >= 4 is 5.69 Å². The zero-order valence-corrected chi connectivity index (χ0v) is 5.42. The minimum Gasteiger partial charge on any atom is -0.488 e. The first kappa shape index (κ1) is 5.53. The molecule has 1 aromatic heterocycles. The molecule has 0 aromatic carbocycles. The third-order valence-electron chi connectivity index (χ3n) is 1.41. The van der Waals surface area contributed by atoms with Crippen LogP contribution in [0.5, 0.6) is 5.75 Å². The number of hydrogen-bond donors (Lipinski definition) is 1. The summed E-state index contributed by atoms with van der Waals surface area (Å²) < 4.78 is 5.28. The molecule has 1 N–H and O–H groups in total. The summed E-state index contributed by atoms with van der Waals surface area (Å²) in [5, 5.41) is 3.17. The molecule has 1 radical (unpaired) electrons. The summed E-state index contributed by atoms with van der Waals surface area (Å²) in [5.74, 6) is 0.824. The number of anilines is 1. The van der Waals surface area contributed by atoms with E-state index in [1.165, 1.54) is 0 Å². The summed E-state index contributed by atoms with van der Waals surface area (Å²) in [5.41, 5.74) is 0.987. The summed E-state index contributed by atoms with van der Waals surface area (Å²) in [6.45, 7) is 1.59. The van der Waals surface area contributed by atoms with Crippen molar-refractivity contribution in [1.29, 1.82) is 0 Å². The first-order valence-corrected chi connectivity index (χ1v) is 3.19. The molecule has 3 heteroatoms. The summed E-state index contributed by atoms with van der Waals surface area (Å²) in [6, 6.07) is 1.79. The number of ether oxygens (including phenoxy) is 1. The average molecular weight is 135 g/mol. The van der Waals surface area contributed by atoms with Crippen LogP contribution in [0.25, 0.3) is 0 Å². The van der Waals surface area contributed by atoms with Gasteiger partial charge in [-0.2, -0.15) is 0 Å². The predicted molar refractivity (Wildman–Crippen MR) is 37.1 cm³/mol. The minimum absolute atomic E-state index is 0.721. The maximum Gasteiger partial charge on any atom is 0.160 e. The zero-order chi connectivity index (χ0) is 6.81. The molecule has 0 unspecified atom stereocenters. The molecule has 0 spiro atoms. The second-order valence-corrected chi connectivity index (χ2v) is 2.08. The molecule has 10 heavy (non-hydrogen) atoms. The monoisotopic (exact) mass is 135 g/mol. The van der Waals surface area contributed by atoms with Gasteiger partial charge in [0.2, 0.25) is 0 Å². The van der Waals surface area contributed by atoms with Crippen LogP contribution in [0.4, 0.5) is 5.69 Å². The second kappa shape index (κ2) is 2.17. The average Bonchev–Trinajstić information content (AvgIpc) is 2.05. The van der Waals surface area contributed by atoms with E-state index < -0.39 is 0 Å². The van der Waals surface area contributed by atoms with Crippen LogP contribution in [-0.4, -0.2) is 18.1 Å². The first-order valence-electron chi connectivity index (χ1n) is 3.19. The van der Waals surface area contributed by atoms with Gasteiger partial charge in [-0.15, -0.1) is 0 Å². The van der Waals surface area contributed by atoms with Gasteiger partial charge >= 0.3 is 0 Å². The smallest absolute Gasteiger partial charge is 0.160 e. The van der Waals surface area contributed by atoms with Crippen LogP contribution in [0.15, 0.2) is 12.3 Å². The third kappa shape index (κ3) is 0.795. The van der Waals surface area contributed by atoms with Gasteiger partial charge in [-0.05, 0) is 6.07 Å². The number of aromatic nitrogens is 1. The van der Waals surface area contributed by atoms with Gasteiger partial charge in [0.15, 0.2) is 5.75 Å². The molecule has 2 rings (SSSR count). The molecule has 0 bridgehead atoms. The molecule has 0 amide bonds. The van der Waals surface area contributed by atoms with E-state index in [9.17, 15) is 0 Å². The highest BCUT2D eigenvalue weighted by atomic mass is 16.5. The third-order valence-corrected chi connectivity index (χ3v) is 1.41. The zero-order valence-electron chi connectivity index (χ0n) is 5.42. The van der Waals surface area contributed by atoms with Crippen molar-refractivity contribution in [3.63, 3.8) is 0 Å². The van der Waals surface area contributed by atoms with Crippen molar-refractivity contribution in [3.05, 3.63) is 18.5 Å².